The minimum atomic E-state index is -5.55. The van der Waals surface area contributed by atoms with Gasteiger partial charge in [0, 0.05) is 18.1 Å². The number of pyridine rings is 1. The van der Waals surface area contributed by atoms with E-state index < -0.39 is 38.2 Å². The van der Waals surface area contributed by atoms with Gasteiger partial charge in [-0.2, -0.15) is 13.2 Å². The first kappa shape index (κ1) is 22.5. The predicted octanol–water partition coefficient (Wildman–Crippen LogP) is 3.47. The van der Waals surface area contributed by atoms with Gasteiger partial charge in [-0.1, -0.05) is 12.1 Å². The molecule has 0 bridgehead atoms. The van der Waals surface area contributed by atoms with E-state index in [-0.39, 0.29) is 12.2 Å². The van der Waals surface area contributed by atoms with Gasteiger partial charge in [0.05, 0.1) is 21.8 Å². The zero-order valence-corrected chi connectivity index (χ0v) is 17.9. The number of rotatable bonds is 4. The summed E-state index contributed by atoms with van der Waals surface area (Å²) in [5, 5.41) is 0.713. The van der Waals surface area contributed by atoms with Crippen LogP contribution >= 0.6 is 0 Å². The van der Waals surface area contributed by atoms with Crippen molar-refractivity contribution in [1.82, 2.24) is 9.88 Å². The Balaban J connectivity index is 1.64. The number of fused-ring (bicyclic) bond motifs is 1. The van der Waals surface area contributed by atoms with Gasteiger partial charge in [0.25, 0.3) is 15.7 Å². The zero-order chi connectivity index (χ0) is 24.1. The number of alkyl halides is 3. The fraction of sp³-hybridized carbons (Fsp3) is 0.190. The van der Waals surface area contributed by atoms with Crippen molar-refractivity contribution in [2.45, 2.75) is 29.9 Å². The highest BCUT2D eigenvalue weighted by Gasteiger charge is 2.47. The van der Waals surface area contributed by atoms with E-state index >= 15 is 0 Å². The number of nitrogens with zero attached hydrogens (tertiary/aromatic N) is 3. The highest BCUT2D eigenvalue weighted by atomic mass is 32.2. The molecule has 0 saturated carbocycles. The molecule has 0 aliphatic carbocycles. The molecule has 2 heterocycles. The van der Waals surface area contributed by atoms with Crippen molar-refractivity contribution in [2.24, 2.45) is 0 Å². The molecule has 2 N–H and O–H groups in total. The molecule has 1 aromatic heterocycles. The Kier molecular flexibility index (Phi) is 5.27. The Morgan fingerprint density at radius 2 is 1.73 bits per heavy atom. The van der Waals surface area contributed by atoms with E-state index in [0.717, 1.165) is 17.0 Å². The van der Waals surface area contributed by atoms with Crippen LogP contribution in [0.15, 0.2) is 59.6 Å². The summed E-state index contributed by atoms with van der Waals surface area (Å²) in [5.74, 6) is -0.593. The van der Waals surface area contributed by atoms with Crippen molar-refractivity contribution in [3.05, 3.63) is 60.3 Å². The van der Waals surface area contributed by atoms with E-state index in [1.165, 1.54) is 11.8 Å². The summed E-state index contributed by atoms with van der Waals surface area (Å²) >= 11 is 0. The fourth-order valence-corrected chi connectivity index (χ4v) is 4.40. The van der Waals surface area contributed by atoms with Crippen LogP contribution in [0.2, 0.25) is 0 Å². The summed E-state index contributed by atoms with van der Waals surface area (Å²) in [7, 11) is -5.55. The Morgan fingerprint density at radius 3 is 2.36 bits per heavy atom. The van der Waals surface area contributed by atoms with E-state index in [1.54, 1.807) is 30.5 Å². The quantitative estimate of drug-likeness (QED) is 0.454. The molecular weight excluding hydrogens is 461 g/mol. The zero-order valence-electron chi connectivity index (χ0n) is 17.1. The third kappa shape index (κ3) is 3.65. The van der Waals surface area contributed by atoms with Crippen molar-refractivity contribution in [2.75, 3.05) is 10.6 Å². The van der Waals surface area contributed by atoms with E-state index in [0.29, 0.717) is 34.3 Å². The van der Waals surface area contributed by atoms with Crippen LogP contribution < -0.4 is 10.6 Å². The molecule has 172 valence electrons. The highest BCUT2D eigenvalue weighted by molar-refractivity contribution is 7.92. The number of anilines is 2. The fourth-order valence-electron chi connectivity index (χ4n) is 3.64. The molecule has 1 fully saturated rings. The first-order valence-corrected chi connectivity index (χ1v) is 11.1. The number of aromatic nitrogens is 1. The lowest BCUT2D eigenvalue weighted by molar-refractivity contribution is -0.119. The Hall–Kier alpha value is -3.67. The molecule has 8 nitrogen and oxygen atoms in total. The van der Waals surface area contributed by atoms with Gasteiger partial charge in [-0.25, -0.2) is 18.1 Å². The number of nitrogens with two attached hydrogens (primary N) is 1. The lowest BCUT2D eigenvalue weighted by Gasteiger charge is -2.20. The van der Waals surface area contributed by atoms with E-state index in [4.69, 9.17) is 5.73 Å². The number of hydrogen-bond acceptors (Lipinski definition) is 6. The number of amides is 3. The molecule has 3 amide bonds. The molecule has 1 unspecified atom stereocenters. The van der Waals surface area contributed by atoms with Crippen LogP contribution in [0.25, 0.3) is 10.9 Å². The minimum Gasteiger partial charge on any atom is -0.397 e. The molecule has 33 heavy (non-hydrogen) atoms. The van der Waals surface area contributed by atoms with Gasteiger partial charge in [-0.3, -0.25) is 9.78 Å². The molecule has 0 radical (unpaired) electrons. The molecule has 1 atom stereocenters. The smallest absolute Gasteiger partial charge is 0.397 e. The number of carbonyl (C=O) groups is 2. The number of benzene rings is 2. The third-order valence-electron chi connectivity index (χ3n) is 5.43. The van der Waals surface area contributed by atoms with Crippen molar-refractivity contribution in [3.63, 3.8) is 0 Å². The van der Waals surface area contributed by atoms with Crippen molar-refractivity contribution in [1.29, 1.82) is 0 Å². The van der Waals surface area contributed by atoms with Crippen LogP contribution in [0, 0.1) is 0 Å². The maximum Gasteiger partial charge on any atom is 0.501 e. The Labute approximate surface area is 186 Å². The normalized spacial score (nSPS) is 17.3. The second-order valence-corrected chi connectivity index (χ2v) is 9.36. The first-order valence-electron chi connectivity index (χ1n) is 9.61. The molecule has 0 spiro atoms. The summed E-state index contributed by atoms with van der Waals surface area (Å²) < 4.78 is 61.4. The van der Waals surface area contributed by atoms with Gasteiger partial charge < -0.3 is 10.6 Å². The topological polar surface area (TPSA) is 114 Å². The van der Waals surface area contributed by atoms with E-state index in [9.17, 15) is 31.2 Å². The maximum absolute atomic E-state index is 13.1. The molecule has 2 aromatic carbocycles. The third-order valence-corrected chi connectivity index (χ3v) is 6.93. The van der Waals surface area contributed by atoms with Gasteiger partial charge in [0.15, 0.2) is 0 Å². The summed E-state index contributed by atoms with van der Waals surface area (Å²) in [4.78, 5) is 31.3. The molecular formula is C21H17F3N4O4S. The SMILES string of the molecule is CC1C(=O)N(c2ccc(S(=O)(=O)C(F)(F)F)cc2)C(=O)N1Cc1ccnc2c(N)cccc12. The first-order chi connectivity index (χ1) is 15.4. The van der Waals surface area contributed by atoms with Crippen LogP contribution in [0.1, 0.15) is 12.5 Å². The van der Waals surface area contributed by atoms with Crippen LogP contribution in [0.3, 0.4) is 0 Å². The van der Waals surface area contributed by atoms with Crippen molar-refractivity contribution in [3.8, 4) is 0 Å². The van der Waals surface area contributed by atoms with Crippen LogP contribution in [-0.2, 0) is 21.2 Å². The molecule has 4 rings (SSSR count). The number of sulfone groups is 1. The molecule has 3 aromatic rings. The minimum absolute atomic E-state index is 0.0377. The number of hydrogen-bond donors (Lipinski definition) is 1. The number of para-hydroxylation sites is 1. The van der Waals surface area contributed by atoms with Gasteiger partial charge in [0.2, 0.25) is 0 Å². The van der Waals surface area contributed by atoms with Gasteiger partial charge >= 0.3 is 11.5 Å². The van der Waals surface area contributed by atoms with Gasteiger partial charge in [-0.05, 0) is 48.9 Å². The van der Waals surface area contributed by atoms with E-state index in [1.807, 2.05) is 0 Å². The second-order valence-electron chi connectivity index (χ2n) is 7.42. The van der Waals surface area contributed by atoms with Crippen LogP contribution in [0.5, 0.6) is 0 Å². The Bertz CT molecular complexity index is 1370. The number of imide groups is 1. The summed E-state index contributed by atoms with van der Waals surface area (Å²) in [6.07, 6.45) is 1.54. The lowest BCUT2D eigenvalue weighted by atomic mass is 10.1. The highest BCUT2D eigenvalue weighted by Crippen LogP contribution is 2.33. The van der Waals surface area contributed by atoms with Crippen LogP contribution in [0.4, 0.5) is 29.3 Å². The molecule has 1 aliphatic heterocycles. The number of carbonyl (C=O) groups excluding carboxylic acids is 2. The lowest BCUT2D eigenvalue weighted by Crippen LogP contribution is -2.33. The maximum atomic E-state index is 13.1. The Morgan fingerprint density at radius 1 is 1.06 bits per heavy atom. The summed E-state index contributed by atoms with van der Waals surface area (Å²) in [6.45, 7) is 1.59. The van der Waals surface area contributed by atoms with E-state index in [2.05, 4.69) is 4.98 Å². The monoisotopic (exact) mass is 478 g/mol. The number of halogens is 3. The summed E-state index contributed by atoms with van der Waals surface area (Å²) in [6, 6.07) is 8.79. The molecule has 1 aliphatic rings. The predicted molar refractivity (Wildman–Crippen MR) is 114 cm³/mol. The molecule has 12 heteroatoms. The average Bonchev–Trinajstić information content (AvgIpc) is 2.97. The largest absolute Gasteiger partial charge is 0.501 e. The summed E-state index contributed by atoms with van der Waals surface area (Å²) in [5.41, 5.74) is 2.18. The molecule has 1 saturated heterocycles. The number of urea groups is 1. The second kappa shape index (κ2) is 7.73. The van der Waals surface area contributed by atoms with Gasteiger partial charge in [-0.15, -0.1) is 0 Å². The van der Waals surface area contributed by atoms with Crippen molar-refractivity contribution < 1.29 is 31.2 Å². The average molecular weight is 478 g/mol. The standard InChI is InChI=1S/C21H17F3N4O4S/c1-12-19(29)28(14-5-7-15(8-6-14)33(31,32)21(22,23)24)20(30)27(12)11-13-9-10-26-18-16(13)3-2-4-17(18)25/h2-10,12H,11,25H2,1H3. The van der Waals surface area contributed by atoms with Gasteiger partial charge in [0.1, 0.15) is 6.04 Å². The number of nitrogen functional groups attached to an aromatic ring is 1. The van der Waals surface area contributed by atoms with Crippen LogP contribution in [-0.4, -0.2) is 41.8 Å². The van der Waals surface area contributed by atoms with Crippen molar-refractivity contribution >= 4 is 44.1 Å².